The van der Waals surface area contributed by atoms with Gasteiger partial charge in [0.2, 0.25) is 11.8 Å². The Labute approximate surface area is 231 Å². The molecule has 0 radical (unpaired) electrons. The lowest BCUT2D eigenvalue weighted by molar-refractivity contribution is -0.146. The lowest BCUT2D eigenvalue weighted by atomic mass is 9.80. The molecule has 2 N–H and O–H groups in total. The van der Waals surface area contributed by atoms with Crippen molar-refractivity contribution in [3.8, 4) is 0 Å². The van der Waals surface area contributed by atoms with Crippen molar-refractivity contribution in [3.05, 3.63) is 76.6 Å². The Bertz CT molecular complexity index is 1410. The molecular formula is C29H31F2N5O4. The standard InChI is InChI=1S/C29H31F2N5O4/c1-16(2)12-23(35(5)26(38)17(3)33-25(37)18-10-11-20(30)21(31)13-18)27(39)36-15-29(14-24(36)32-4)19-8-6-7-9-22(19)34-28(29)40/h6-11,13,16-17,23-24H,12,14-15H2,1-3,5H3,(H,33,37)(H,34,40)/t17-,23-,24-,29-/m0/s1. The van der Waals surface area contributed by atoms with Gasteiger partial charge in [-0.1, -0.05) is 32.0 Å². The van der Waals surface area contributed by atoms with Crippen molar-refractivity contribution in [1.29, 1.82) is 0 Å². The first kappa shape index (κ1) is 28.7. The summed E-state index contributed by atoms with van der Waals surface area (Å²) in [6, 6.07) is 7.81. The molecule has 2 aliphatic heterocycles. The molecule has 0 bridgehead atoms. The molecule has 40 heavy (non-hydrogen) atoms. The van der Waals surface area contributed by atoms with Crippen molar-refractivity contribution in [2.45, 2.75) is 57.3 Å². The van der Waals surface area contributed by atoms with Crippen LogP contribution in [0.1, 0.15) is 49.5 Å². The van der Waals surface area contributed by atoms with Crippen molar-refractivity contribution in [1.82, 2.24) is 15.1 Å². The molecule has 1 saturated heterocycles. The quantitative estimate of drug-likeness (QED) is 0.516. The first-order chi connectivity index (χ1) is 18.9. The van der Waals surface area contributed by atoms with Crippen molar-refractivity contribution in [2.75, 3.05) is 18.9 Å². The molecule has 0 saturated carbocycles. The predicted molar refractivity (Wildman–Crippen MR) is 143 cm³/mol. The van der Waals surface area contributed by atoms with E-state index in [1.54, 1.807) is 12.1 Å². The maximum Gasteiger partial charge on any atom is 0.302 e. The number of halogens is 2. The summed E-state index contributed by atoms with van der Waals surface area (Å²) in [6.45, 7) is 13.0. The van der Waals surface area contributed by atoms with Crippen LogP contribution in [-0.4, -0.2) is 65.3 Å². The van der Waals surface area contributed by atoms with Crippen molar-refractivity contribution in [3.63, 3.8) is 0 Å². The lowest BCUT2D eigenvalue weighted by Gasteiger charge is -2.33. The summed E-state index contributed by atoms with van der Waals surface area (Å²) in [5.74, 6) is -4.38. The van der Waals surface area contributed by atoms with E-state index < -0.39 is 53.0 Å². The first-order valence-electron chi connectivity index (χ1n) is 13.0. The van der Waals surface area contributed by atoms with Gasteiger partial charge in [0.05, 0.1) is 6.42 Å². The summed E-state index contributed by atoms with van der Waals surface area (Å²) in [7, 11) is 1.45. The van der Waals surface area contributed by atoms with E-state index in [-0.39, 0.29) is 36.8 Å². The third-order valence-electron chi connectivity index (χ3n) is 7.58. The average molecular weight is 552 g/mol. The number of amides is 4. The largest absolute Gasteiger partial charge is 0.341 e. The Balaban J connectivity index is 1.55. The summed E-state index contributed by atoms with van der Waals surface area (Å²) >= 11 is 0. The molecule has 0 unspecified atom stereocenters. The number of nitrogens with zero attached hydrogens (tertiary/aromatic N) is 3. The van der Waals surface area contributed by atoms with Crippen LogP contribution in [0.2, 0.25) is 0 Å². The van der Waals surface area contributed by atoms with Crippen LogP contribution < -0.4 is 10.6 Å². The van der Waals surface area contributed by atoms with Gasteiger partial charge in [-0.2, -0.15) is 0 Å². The molecule has 2 aromatic carbocycles. The minimum absolute atomic E-state index is 0.000767. The van der Waals surface area contributed by atoms with E-state index >= 15 is 0 Å². The van der Waals surface area contributed by atoms with Crippen LogP contribution in [0.5, 0.6) is 0 Å². The Morgan fingerprint density at radius 3 is 2.52 bits per heavy atom. The van der Waals surface area contributed by atoms with Crippen LogP contribution in [0, 0.1) is 24.1 Å². The molecule has 0 aliphatic carbocycles. The number of carbonyl (C=O) groups is 4. The number of hydrogen-bond acceptors (Lipinski definition) is 4. The number of nitrogens with one attached hydrogen (secondary N) is 2. The van der Waals surface area contributed by atoms with Gasteiger partial charge in [-0.25, -0.2) is 15.4 Å². The highest BCUT2D eigenvalue weighted by atomic mass is 19.2. The minimum Gasteiger partial charge on any atom is -0.341 e. The molecule has 0 aromatic heterocycles. The first-order valence-corrected chi connectivity index (χ1v) is 13.0. The van der Waals surface area contributed by atoms with E-state index in [0.29, 0.717) is 5.69 Å². The number of hydrogen-bond donors (Lipinski definition) is 2. The Kier molecular flexibility index (Phi) is 7.91. The monoisotopic (exact) mass is 551 g/mol. The predicted octanol–water partition coefficient (Wildman–Crippen LogP) is 3.32. The van der Waals surface area contributed by atoms with Gasteiger partial charge in [0.1, 0.15) is 17.5 Å². The molecule has 2 aromatic rings. The van der Waals surface area contributed by atoms with Gasteiger partial charge in [0.15, 0.2) is 11.6 Å². The molecule has 2 heterocycles. The highest BCUT2D eigenvalue weighted by Crippen LogP contribution is 2.47. The van der Waals surface area contributed by atoms with E-state index in [1.807, 2.05) is 26.0 Å². The number of anilines is 1. The number of benzene rings is 2. The molecule has 2 aliphatic rings. The van der Waals surface area contributed by atoms with Gasteiger partial charge in [0, 0.05) is 24.8 Å². The number of fused-ring (bicyclic) bond motifs is 2. The number of likely N-dealkylation sites (tertiary alicyclic amines) is 1. The number of rotatable bonds is 7. The van der Waals surface area contributed by atoms with Crippen LogP contribution in [-0.2, 0) is 19.8 Å². The maximum absolute atomic E-state index is 14.0. The smallest absolute Gasteiger partial charge is 0.302 e. The third kappa shape index (κ3) is 5.13. The number of likely N-dealkylation sites (N-methyl/N-ethyl adjacent to an activating group) is 1. The highest BCUT2D eigenvalue weighted by Gasteiger charge is 2.59. The maximum atomic E-state index is 14.0. The van der Waals surface area contributed by atoms with Gasteiger partial charge >= 0.3 is 6.17 Å². The van der Waals surface area contributed by atoms with Gasteiger partial charge in [-0.15, -0.1) is 0 Å². The molecular weight excluding hydrogens is 520 g/mol. The summed E-state index contributed by atoms with van der Waals surface area (Å²) in [4.78, 5) is 59.3. The van der Waals surface area contributed by atoms with Gasteiger partial charge in [-0.05, 0) is 49.1 Å². The second-order valence-electron chi connectivity index (χ2n) is 10.8. The molecule has 9 nitrogen and oxygen atoms in total. The molecule has 11 heteroatoms. The number of para-hydroxylation sites is 1. The van der Waals surface area contributed by atoms with E-state index in [0.717, 1.165) is 23.8 Å². The Morgan fingerprint density at radius 2 is 1.88 bits per heavy atom. The van der Waals surface area contributed by atoms with Gasteiger partial charge in [-0.3, -0.25) is 28.9 Å². The van der Waals surface area contributed by atoms with Crippen LogP contribution in [0.25, 0.3) is 4.85 Å². The zero-order chi connectivity index (χ0) is 29.4. The van der Waals surface area contributed by atoms with E-state index in [1.165, 1.54) is 23.8 Å². The van der Waals surface area contributed by atoms with Crippen molar-refractivity contribution < 1.29 is 28.0 Å². The highest BCUT2D eigenvalue weighted by molar-refractivity contribution is 6.07. The van der Waals surface area contributed by atoms with E-state index in [2.05, 4.69) is 15.5 Å². The number of carbonyl (C=O) groups excluding carboxylic acids is 4. The normalized spacial score (nSPS) is 21.0. The Morgan fingerprint density at radius 1 is 1.18 bits per heavy atom. The molecule has 1 fully saturated rings. The van der Waals surface area contributed by atoms with Crippen molar-refractivity contribution >= 4 is 29.3 Å². The fourth-order valence-corrected chi connectivity index (χ4v) is 5.46. The second kappa shape index (κ2) is 11.0. The summed E-state index contributed by atoms with van der Waals surface area (Å²) in [5.41, 5.74) is 0.177. The SMILES string of the molecule is [C-]#[N+][C@@H]1C[C@@]2(CN1C(=O)[C@H](CC(C)C)N(C)C(=O)[C@H](C)NC(=O)c1ccc(F)c(F)c1)C(=O)Nc1ccccc12. The zero-order valence-electron chi connectivity index (χ0n) is 22.7. The zero-order valence-corrected chi connectivity index (χ0v) is 22.7. The van der Waals surface area contributed by atoms with E-state index in [4.69, 9.17) is 6.57 Å². The summed E-state index contributed by atoms with van der Waals surface area (Å²) in [6.07, 6.45) is -0.479. The van der Waals surface area contributed by atoms with Crippen LogP contribution in [0.3, 0.4) is 0 Å². The molecule has 4 amide bonds. The molecule has 4 atom stereocenters. The van der Waals surface area contributed by atoms with Gasteiger partial charge < -0.3 is 15.5 Å². The van der Waals surface area contributed by atoms with E-state index in [9.17, 15) is 28.0 Å². The fourth-order valence-electron chi connectivity index (χ4n) is 5.46. The topological polar surface area (TPSA) is 103 Å². The average Bonchev–Trinajstić information content (AvgIpc) is 3.45. The van der Waals surface area contributed by atoms with Crippen LogP contribution in [0.4, 0.5) is 14.5 Å². The molecule has 4 rings (SSSR count). The van der Waals surface area contributed by atoms with Gasteiger partial charge in [0.25, 0.3) is 11.8 Å². The van der Waals surface area contributed by atoms with Crippen LogP contribution in [0.15, 0.2) is 42.5 Å². The summed E-state index contributed by atoms with van der Waals surface area (Å²) < 4.78 is 26.8. The molecule has 210 valence electrons. The minimum atomic E-state index is -1.19. The summed E-state index contributed by atoms with van der Waals surface area (Å²) in [5, 5.41) is 5.33. The third-order valence-corrected chi connectivity index (χ3v) is 7.58. The van der Waals surface area contributed by atoms with Crippen LogP contribution >= 0.6 is 0 Å². The molecule has 1 spiro atoms. The second-order valence-corrected chi connectivity index (χ2v) is 10.8. The fraction of sp³-hybridized carbons (Fsp3) is 0.414. The Hall–Kier alpha value is -4.33. The van der Waals surface area contributed by atoms with Crippen molar-refractivity contribution in [2.24, 2.45) is 5.92 Å². The lowest BCUT2D eigenvalue weighted by Crippen LogP contribution is -2.55.